The van der Waals surface area contributed by atoms with E-state index in [1.807, 2.05) is 6.07 Å². The lowest BCUT2D eigenvalue weighted by atomic mass is 9.69. The van der Waals surface area contributed by atoms with Gasteiger partial charge in [0.2, 0.25) is 0 Å². The molecule has 10 aromatic carbocycles. The fraction of sp³-hybridized carbons (Fsp3) is 0.147. The number of hydrogen-bond acceptors (Lipinski definition) is 2. The Morgan fingerprint density at radius 3 is 1.77 bits per heavy atom. The van der Waals surface area contributed by atoms with Crippen molar-refractivity contribution in [2.75, 3.05) is 4.90 Å². The lowest BCUT2D eigenvalue weighted by Gasteiger charge is -2.33. The number of fused-ring (bicyclic) bond motifs is 14. The highest BCUT2D eigenvalue weighted by molar-refractivity contribution is 6.06. The third-order valence-electron chi connectivity index (χ3n) is 15.1. The molecule has 338 valence electrons. The largest absolute Gasteiger partial charge is 0.456 e. The molecule has 0 fully saturated rings. The van der Waals surface area contributed by atoms with Crippen LogP contribution in [0.25, 0.3) is 77.2 Å². The molecule has 0 bridgehead atoms. The van der Waals surface area contributed by atoms with Gasteiger partial charge in [0.1, 0.15) is 11.2 Å². The summed E-state index contributed by atoms with van der Waals surface area (Å²) in [5.41, 5.74) is 22.6. The van der Waals surface area contributed by atoms with Crippen molar-refractivity contribution in [3.63, 3.8) is 0 Å². The second-order valence-corrected chi connectivity index (χ2v) is 21.9. The molecule has 2 aliphatic rings. The van der Waals surface area contributed by atoms with Crippen LogP contribution in [0.5, 0.6) is 0 Å². The Balaban J connectivity index is 1.09. The first-order chi connectivity index (χ1) is 33.9. The molecule has 11 aromatic rings. The summed E-state index contributed by atoms with van der Waals surface area (Å²) < 4.78 is 6.59. The van der Waals surface area contributed by atoms with Crippen LogP contribution in [0, 0.1) is 5.41 Å². The van der Waals surface area contributed by atoms with Gasteiger partial charge in [0.15, 0.2) is 0 Å². The Morgan fingerprint density at radius 1 is 0.386 bits per heavy atom. The SMILES string of the molecule is CC(C)(C)Cc1ccc2c(c1)-c1ccc(C(C)(C)C)cc1C21c2ccc(-c3cccc4ccccc34)cc2-c2ccc(N(c3ccc(-c4ccccc4)cc3)c3ccc4c(c3)oc3ccccc34)cc21. The van der Waals surface area contributed by atoms with Gasteiger partial charge in [-0.3, -0.25) is 0 Å². The molecule has 70 heavy (non-hydrogen) atoms. The summed E-state index contributed by atoms with van der Waals surface area (Å²) in [4.78, 5) is 2.43. The lowest BCUT2D eigenvalue weighted by molar-refractivity contribution is 0.411. The molecular weight excluding hydrogens is 847 g/mol. The quantitative estimate of drug-likeness (QED) is 0.165. The zero-order chi connectivity index (χ0) is 47.5. The maximum atomic E-state index is 6.59. The smallest absolute Gasteiger partial charge is 0.137 e. The van der Waals surface area contributed by atoms with Crippen molar-refractivity contribution in [2.24, 2.45) is 5.41 Å². The van der Waals surface area contributed by atoms with Gasteiger partial charge in [0.25, 0.3) is 0 Å². The number of para-hydroxylation sites is 1. The van der Waals surface area contributed by atoms with E-state index in [-0.39, 0.29) is 10.8 Å². The third kappa shape index (κ3) is 6.61. The van der Waals surface area contributed by atoms with E-state index >= 15 is 0 Å². The van der Waals surface area contributed by atoms with Crippen LogP contribution in [0.4, 0.5) is 17.1 Å². The number of rotatable bonds is 6. The van der Waals surface area contributed by atoms with E-state index in [9.17, 15) is 0 Å². The van der Waals surface area contributed by atoms with Crippen molar-refractivity contribution in [1.82, 2.24) is 0 Å². The first-order valence-electron chi connectivity index (χ1n) is 24.9. The Morgan fingerprint density at radius 2 is 0.986 bits per heavy atom. The lowest BCUT2D eigenvalue weighted by Crippen LogP contribution is -2.27. The summed E-state index contributed by atoms with van der Waals surface area (Å²) in [5.74, 6) is 0. The van der Waals surface area contributed by atoms with E-state index in [4.69, 9.17) is 4.42 Å². The van der Waals surface area contributed by atoms with Crippen LogP contribution in [0.3, 0.4) is 0 Å². The van der Waals surface area contributed by atoms with Gasteiger partial charge in [0.05, 0.1) is 5.41 Å². The summed E-state index contributed by atoms with van der Waals surface area (Å²) in [6.07, 6.45) is 1.00. The summed E-state index contributed by atoms with van der Waals surface area (Å²) in [6.45, 7) is 14.1. The maximum Gasteiger partial charge on any atom is 0.137 e. The molecule has 2 aliphatic carbocycles. The van der Waals surface area contributed by atoms with Crippen LogP contribution in [-0.4, -0.2) is 0 Å². The maximum absolute atomic E-state index is 6.59. The first kappa shape index (κ1) is 42.2. The molecule has 2 nitrogen and oxygen atoms in total. The Hall–Kier alpha value is -7.94. The summed E-state index contributed by atoms with van der Waals surface area (Å²) in [7, 11) is 0. The molecule has 2 heteroatoms. The van der Waals surface area contributed by atoms with Gasteiger partial charge in [-0.1, -0.05) is 199 Å². The molecule has 0 amide bonds. The molecule has 0 saturated carbocycles. The molecule has 1 atom stereocenters. The average molecular weight is 902 g/mol. The second kappa shape index (κ2) is 15.5. The predicted octanol–water partition coefficient (Wildman–Crippen LogP) is 18.8. The molecular formula is C68H55NO. The minimum atomic E-state index is -0.574. The van der Waals surface area contributed by atoms with Gasteiger partial charge < -0.3 is 9.32 Å². The van der Waals surface area contributed by atoms with Gasteiger partial charge in [0, 0.05) is 33.9 Å². The number of anilines is 3. The van der Waals surface area contributed by atoms with Gasteiger partial charge in [-0.25, -0.2) is 0 Å². The monoisotopic (exact) mass is 901 g/mol. The summed E-state index contributed by atoms with van der Waals surface area (Å²) in [5, 5.41) is 4.76. The molecule has 0 aliphatic heterocycles. The minimum absolute atomic E-state index is 0.0509. The van der Waals surface area contributed by atoms with Crippen molar-refractivity contribution in [3.8, 4) is 44.5 Å². The molecule has 0 radical (unpaired) electrons. The topological polar surface area (TPSA) is 16.4 Å². The fourth-order valence-electron chi connectivity index (χ4n) is 12.0. The van der Waals surface area contributed by atoms with Crippen LogP contribution in [-0.2, 0) is 17.3 Å². The second-order valence-electron chi connectivity index (χ2n) is 21.9. The summed E-state index contributed by atoms with van der Waals surface area (Å²) in [6, 6.07) is 79.6. The standard InChI is InChI=1S/C68H55NO/c1-66(2,3)42-43-23-35-60-58(37-43)54-32-27-48(67(4,5)6)39-62(54)68(60)61-36-26-47(53-21-14-18-46-17-10-11-19-52(46)53)38-59(61)55-33-30-50(40-63(55)68)69(49-28-24-45(25-29-49)44-15-8-7-9-16-44)51-31-34-57-56-20-12-13-22-64(56)70-65(57)41-51/h7-41H,42H2,1-6H3. The molecule has 0 saturated heterocycles. The number of benzene rings is 10. The van der Waals surface area contributed by atoms with Crippen LogP contribution in [0.2, 0.25) is 0 Å². The average Bonchev–Trinajstić information content (AvgIpc) is 3.98. The molecule has 1 unspecified atom stereocenters. The summed E-state index contributed by atoms with van der Waals surface area (Å²) >= 11 is 0. The Kier molecular flexibility index (Phi) is 9.36. The highest BCUT2D eigenvalue weighted by Gasteiger charge is 2.52. The van der Waals surface area contributed by atoms with Crippen LogP contribution in [0.15, 0.2) is 217 Å². The van der Waals surface area contributed by atoms with Gasteiger partial charge in [-0.05, 0) is 154 Å². The zero-order valence-electron chi connectivity index (χ0n) is 40.8. The number of hydrogen-bond donors (Lipinski definition) is 0. The van der Waals surface area contributed by atoms with E-state index in [1.165, 1.54) is 88.7 Å². The molecule has 1 heterocycles. The van der Waals surface area contributed by atoms with Crippen molar-refractivity contribution >= 4 is 49.8 Å². The van der Waals surface area contributed by atoms with Crippen molar-refractivity contribution < 1.29 is 4.42 Å². The predicted molar refractivity (Wildman–Crippen MR) is 295 cm³/mol. The van der Waals surface area contributed by atoms with E-state index < -0.39 is 5.41 Å². The van der Waals surface area contributed by atoms with Crippen molar-refractivity contribution in [2.45, 2.75) is 58.8 Å². The van der Waals surface area contributed by atoms with Crippen LogP contribution < -0.4 is 4.90 Å². The molecule has 0 N–H and O–H groups in total. The van der Waals surface area contributed by atoms with E-state index in [1.54, 1.807) is 0 Å². The number of nitrogens with zero attached hydrogens (tertiary/aromatic N) is 1. The van der Waals surface area contributed by atoms with Gasteiger partial charge in [-0.2, -0.15) is 0 Å². The fourth-order valence-corrected chi connectivity index (χ4v) is 12.0. The highest BCUT2D eigenvalue weighted by Crippen LogP contribution is 2.64. The van der Waals surface area contributed by atoms with Crippen LogP contribution in [0.1, 0.15) is 74.9 Å². The first-order valence-corrected chi connectivity index (χ1v) is 24.9. The van der Waals surface area contributed by atoms with Gasteiger partial charge >= 0.3 is 0 Å². The highest BCUT2D eigenvalue weighted by atomic mass is 16.3. The molecule has 1 spiro atoms. The minimum Gasteiger partial charge on any atom is -0.456 e. The van der Waals surface area contributed by atoms with Gasteiger partial charge in [-0.15, -0.1) is 0 Å². The molecule has 13 rings (SSSR count). The third-order valence-corrected chi connectivity index (χ3v) is 15.1. The Labute approximate surface area is 411 Å². The van der Waals surface area contributed by atoms with E-state index in [2.05, 4.69) is 253 Å². The Bertz CT molecular complexity index is 3870. The van der Waals surface area contributed by atoms with Crippen molar-refractivity contribution in [3.05, 3.63) is 246 Å². The van der Waals surface area contributed by atoms with E-state index in [0.717, 1.165) is 45.4 Å². The number of furan rings is 1. The van der Waals surface area contributed by atoms with Crippen molar-refractivity contribution in [1.29, 1.82) is 0 Å². The van der Waals surface area contributed by atoms with E-state index in [0.29, 0.717) is 0 Å². The van der Waals surface area contributed by atoms with Crippen LogP contribution >= 0.6 is 0 Å². The zero-order valence-corrected chi connectivity index (χ0v) is 40.8. The normalized spacial score (nSPS) is 14.8. The molecule has 1 aromatic heterocycles.